The lowest BCUT2D eigenvalue weighted by atomic mass is 9.93. The van der Waals surface area contributed by atoms with Crippen molar-refractivity contribution in [1.29, 1.82) is 0 Å². The lowest BCUT2D eigenvalue weighted by Gasteiger charge is -2.37. The molecule has 0 radical (unpaired) electrons. The van der Waals surface area contributed by atoms with E-state index in [-0.39, 0.29) is 23.6 Å². The summed E-state index contributed by atoms with van der Waals surface area (Å²) < 4.78 is 19.0. The molecule has 8 nitrogen and oxygen atoms in total. The second-order valence-electron chi connectivity index (χ2n) is 8.44. The Morgan fingerprint density at radius 2 is 2.03 bits per heavy atom. The van der Waals surface area contributed by atoms with Gasteiger partial charge >= 0.3 is 0 Å². The number of nitrogens with zero attached hydrogens (tertiary/aromatic N) is 6. The minimum atomic E-state index is -0.341. The van der Waals surface area contributed by atoms with Crippen molar-refractivity contribution in [3.63, 3.8) is 0 Å². The van der Waals surface area contributed by atoms with Gasteiger partial charge in [-0.2, -0.15) is 4.98 Å². The first-order valence-electron chi connectivity index (χ1n) is 11.1. The summed E-state index contributed by atoms with van der Waals surface area (Å²) in [5, 5.41) is 4.03. The van der Waals surface area contributed by atoms with E-state index in [9.17, 15) is 9.18 Å². The molecule has 2 saturated heterocycles. The van der Waals surface area contributed by atoms with Crippen LogP contribution in [0.5, 0.6) is 0 Å². The zero-order valence-electron chi connectivity index (χ0n) is 17.7. The first-order chi connectivity index (χ1) is 15.7. The van der Waals surface area contributed by atoms with Crippen LogP contribution >= 0.6 is 0 Å². The first kappa shape index (κ1) is 20.5. The number of rotatable bonds is 4. The number of aromatic nitrogens is 4. The lowest BCUT2D eigenvalue weighted by molar-refractivity contribution is -0.137. The van der Waals surface area contributed by atoms with Crippen molar-refractivity contribution in [1.82, 2.24) is 25.0 Å². The van der Waals surface area contributed by atoms with Gasteiger partial charge in [-0.3, -0.25) is 9.78 Å². The van der Waals surface area contributed by atoms with Gasteiger partial charge in [0.15, 0.2) is 0 Å². The summed E-state index contributed by atoms with van der Waals surface area (Å²) in [6.45, 7) is 2.84. The van der Waals surface area contributed by atoms with Crippen LogP contribution < -0.4 is 4.90 Å². The fourth-order valence-electron chi connectivity index (χ4n) is 4.62. The number of carbonyl (C=O) groups is 1. The number of likely N-dealkylation sites (tertiary alicyclic amines) is 1. The fraction of sp³-hybridized carbons (Fsp3) is 0.435. The van der Waals surface area contributed by atoms with E-state index in [4.69, 9.17) is 4.52 Å². The SMILES string of the molecule is O=C(C1CCCN(c2cnccn2)C1)N1CCCC(c2nc(-c3cccc(F)c3)no2)C1. The van der Waals surface area contributed by atoms with Crippen molar-refractivity contribution < 1.29 is 13.7 Å². The van der Waals surface area contributed by atoms with Crippen LogP contribution in [-0.4, -0.2) is 57.1 Å². The van der Waals surface area contributed by atoms with Crippen molar-refractivity contribution in [2.24, 2.45) is 5.92 Å². The van der Waals surface area contributed by atoms with Gasteiger partial charge in [-0.1, -0.05) is 17.3 Å². The minimum absolute atomic E-state index is 0.0119. The van der Waals surface area contributed by atoms with E-state index in [1.54, 1.807) is 30.7 Å². The fourth-order valence-corrected chi connectivity index (χ4v) is 4.62. The average molecular weight is 436 g/mol. The van der Waals surface area contributed by atoms with Crippen LogP contribution in [0.1, 0.15) is 37.5 Å². The Hall–Kier alpha value is -3.36. The molecule has 2 aliphatic heterocycles. The van der Waals surface area contributed by atoms with Crippen LogP contribution in [0.4, 0.5) is 10.2 Å². The maximum Gasteiger partial charge on any atom is 0.231 e. The molecule has 2 unspecified atom stereocenters. The van der Waals surface area contributed by atoms with Gasteiger partial charge in [0.2, 0.25) is 17.6 Å². The van der Waals surface area contributed by atoms with Gasteiger partial charge in [0.05, 0.1) is 18.0 Å². The third kappa shape index (κ3) is 4.32. The molecule has 4 heterocycles. The van der Waals surface area contributed by atoms with Crippen LogP contribution in [-0.2, 0) is 4.79 Å². The van der Waals surface area contributed by atoms with Gasteiger partial charge in [-0.05, 0) is 37.8 Å². The van der Waals surface area contributed by atoms with Gasteiger partial charge in [-0.25, -0.2) is 9.37 Å². The molecule has 9 heteroatoms. The molecule has 1 aromatic carbocycles. The van der Waals surface area contributed by atoms with E-state index < -0.39 is 0 Å². The van der Waals surface area contributed by atoms with Crippen molar-refractivity contribution in [3.8, 4) is 11.4 Å². The summed E-state index contributed by atoms with van der Waals surface area (Å²) in [6, 6.07) is 6.14. The van der Waals surface area contributed by atoms with Gasteiger partial charge in [-0.15, -0.1) is 0 Å². The normalized spacial score (nSPS) is 21.5. The summed E-state index contributed by atoms with van der Waals surface area (Å²) in [4.78, 5) is 30.4. The van der Waals surface area contributed by atoms with Gasteiger partial charge in [0.1, 0.15) is 11.6 Å². The molecule has 0 aliphatic carbocycles. The predicted molar refractivity (Wildman–Crippen MR) is 115 cm³/mol. The van der Waals surface area contributed by atoms with Crippen molar-refractivity contribution in [2.45, 2.75) is 31.6 Å². The Bertz CT molecular complexity index is 1080. The lowest BCUT2D eigenvalue weighted by Crippen LogP contribution is -2.47. The molecule has 2 atom stereocenters. The molecule has 3 aromatic rings. The number of hydrogen-bond acceptors (Lipinski definition) is 7. The highest BCUT2D eigenvalue weighted by Gasteiger charge is 2.34. The third-order valence-electron chi connectivity index (χ3n) is 6.25. The maximum atomic E-state index is 13.5. The number of piperidine rings is 2. The summed E-state index contributed by atoms with van der Waals surface area (Å²) in [5.41, 5.74) is 0.579. The molecular weight excluding hydrogens is 411 g/mol. The Labute approximate surface area is 185 Å². The van der Waals surface area contributed by atoms with Crippen LogP contribution in [0.3, 0.4) is 0 Å². The van der Waals surface area contributed by atoms with E-state index in [0.717, 1.165) is 44.6 Å². The molecule has 32 heavy (non-hydrogen) atoms. The number of benzene rings is 1. The number of hydrogen-bond donors (Lipinski definition) is 0. The number of anilines is 1. The maximum absolute atomic E-state index is 13.5. The summed E-state index contributed by atoms with van der Waals surface area (Å²) in [5.74, 6) is 1.45. The Kier molecular flexibility index (Phi) is 5.79. The van der Waals surface area contributed by atoms with Gasteiger partial charge in [0.25, 0.3) is 0 Å². The monoisotopic (exact) mass is 436 g/mol. The number of carbonyl (C=O) groups excluding carboxylic acids is 1. The zero-order valence-corrected chi connectivity index (χ0v) is 17.7. The second-order valence-corrected chi connectivity index (χ2v) is 8.44. The first-order valence-corrected chi connectivity index (χ1v) is 11.1. The number of amides is 1. The number of halogens is 1. The van der Waals surface area contributed by atoms with Gasteiger partial charge < -0.3 is 14.3 Å². The molecule has 166 valence electrons. The zero-order chi connectivity index (χ0) is 21.9. The summed E-state index contributed by atoms with van der Waals surface area (Å²) in [6.07, 6.45) is 8.67. The summed E-state index contributed by atoms with van der Waals surface area (Å²) >= 11 is 0. The topological polar surface area (TPSA) is 88.3 Å². The third-order valence-corrected chi connectivity index (χ3v) is 6.25. The molecule has 2 aromatic heterocycles. The van der Waals surface area contributed by atoms with Gasteiger partial charge in [0, 0.05) is 44.1 Å². The van der Waals surface area contributed by atoms with Crippen molar-refractivity contribution in [3.05, 3.63) is 54.6 Å². The van der Waals surface area contributed by atoms with Crippen LogP contribution in [0, 0.1) is 11.7 Å². The standard InChI is InChI=1S/C23H25FN6O2/c24-19-7-1-4-16(12-19)21-27-22(32-28-21)17-5-2-11-30(14-17)23(31)18-6-3-10-29(15-18)20-13-25-8-9-26-20/h1,4,7-9,12-13,17-18H,2-3,5-6,10-11,14-15H2. The van der Waals surface area contributed by atoms with E-state index in [1.165, 1.54) is 12.1 Å². The molecule has 0 bridgehead atoms. The van der Waals surface area contributed by atoms with E-state index in [2.05, 4.69) is 25.0 Å². The van der Waals surface area contributed by atoms with Crippen molar-refractivity contribution >= 4 is 11.7 Å². The molecule has 2 aliphatic rings. The largest absolute Gasteiger partial charge is 0.355 e. The Balaban J connectivity index is 1.25. The highest BCUT2D eigenvalue weighted by Crippen LogP contribution is 2.30. The van der Waals surface area contributed by atoms with E-state index in [0.29, 0.717) is 30.4 Å². The van der Waals surface area contributed by atoms with Crippen LogP contribution in [0.15, 0.2) is 47.4 Å². The molecule has 5 rings (SSSR count). The molecule has 1 amide bonds. The Morgan fingerprint density at radius 1 is 1.12 bits per heavy atom. The second kappa shape index (κ2) is 9.02. The predicted octanol–water partition coefficient (Wildman–Crippen LogP) is 3.29. The van der Waals surface area contributed by atoms with Crippen LogP contribution in [0.25, 0.3) is 11.4 Å². The highest BCUT2D eigenvalue weighted by atomic mass is 19.1. The Morgan fingerprint density at radius 3 is 2.88 bits per heavy atom. The van der Waals surface area contributed by atoms with Crippen molar-refractivity contribution in [2.75, 3.05) is 31.1 Å². The minimum Gasteiger partial charge on any atom is -0.355 e. The molecule has 2 fully saturated rings. The average Bonchev–Trinajstić information content (AvgIpc) is 3.35. The van der Waals surface area contributed by atoms with E-state index >= 15 is 0 Å². The molecular formula is C23H25FN6O2. The molecule has 0 spiro atoms. The quantitative estimate of drug-likeness (QED) is 0.620. The smallest absolute Gasteiger partial charge is 0.231 e. The molecule has 0 N–H and O–H groups in total. The van der Waals surface area contributed by atoms with E-state index in [1.807, 2.05) is 4.90 Å². The summed E-state index contributed by atoms with van der Waals surface area (Å²) in [7, 11) is 0. The van der Waals surface area contributed by atoms with Crippen LogP contribution in [0.2, 0.25) is 0 Å². The molecule has 0 saturated carbocycles. The highest BCUT2D eigenvalue weighted by molar-refractivity contribution is 5.80.